The minimum atomic E-state index is -0.431. The normalized spacial score (nSPS) is 17.1. The van der Waals surface area contributed by atoms with Crippen LogP contribution >= 0.6 is 12.4 Å². The van der Waals surface area contributed by atoms with E-state index < -0.39 is 5.97 Å². The molecule has 0 aliphatic carbocycles. The highest BCUT2D eigenvalue weighted by Crippen LogP contribution is 2.15. The number of hydrogen-bond acceptors (Lipinski definition) is 5. The lowest BCUT2D eigenvalue weighted by Crippen LogP contribution is -2.31. The summed E-state index contributed by atoms with van der Waals surface area (Å²) < 4.78 is 10.1. The molecule has 1 aromatic rings. The summed E-state index contributed by atoms with van der Waals surface area (Å²) in [6, 6.07) is 1.88. The Labute approximate surface area is 130 Å². The van der Waals surface area contributed by atoms with Crippen molar-refractivity contribution in [2.24, 2.45) is 0 Å². The zero-order chi connectivity index (χ0) is 14.5. The summed E-state index contributed by atoms with van der Waals surface area (Å²) in [5.41, 5.74) is 0.397. The van der Waals surface area contributed by atoms with Crippen molar-refractivity contribution >= 4 is 24.3 Å². The number of halogens is 1. The molecular formula is C14H21ClN2O4. The molecule has 1 fully saturated rings. The lowest BCUT2D eigenvalue weighted by Gasteiger charge is -2.09. The summed E-state index contributed by atoms with van der Waals surface area (Å²) in [5.74, 6) is 0.603. The lowest BCUT2D eigenvalue weighted by atomic mass is 10.1. The molecule has 0 aromatic carbocycles. The molecule has 2 heterocycles. The summed E-state index contributed by atoms with van der Waals surface area (Å²) in [4.78, 5) is 23.2. The summed E-state index contributed by atoms with van der Waals surface area (Å²) >= 11 is 0. The van der Waals surface area contributed by atoms with Crippen molar-refractivity contribution in [3.63, 3.8) is 0 Å². The van der Waals surface area contributed by atoms with Gasteiger partial charge in [0.25, 0.3) is 0 Å². The molecule has 0 bridgehead atoms. The van der Waals surface area contributed by atoms with Gasteiger partial charge in [0.05, 0.1) is 13.7 Å². The number of carbonyl (C=O) groups is 2. The molecule has 1 aliphatic heterocycles. The van der Waals surface area contributed by atoms with Crippen molar-refractivity contribution in [3.8, 4) is 0 Å². The van der Waals surface area contributed by atoms with Crippen molar-refractivity contribution < 1.29 is 18.7 Å². The van der Waals surface area contributed by atoms with E-state index in [-0.39, 0.29) is 30.9 Å². The van der Waals surface area contributed by atoms with E-state index in [9.17, 15) is 9.59 Å². The lowest BCUT2D eigenvalue weighted by molar-refractivity contribution is -0.121. The first-order valence-electron chi connectivity index (χ1n) is 6.78. The molecule has 1 unspecified atom stereocenters. The summed E-state index contributed by atoms with van der Waals surface area (Å²) in [7, 11) is 1.32. The van der Waals surface area contributed by atoms with Crippen molar-refractivity contribution in [1.29, 1.82) is 0 Å². The molecule has 1 aliphatic rings. The molecule has 1 aromatic heterocycles. The van der Waals surface area contributed by atoms with Gasteiger partial charge in [0.2, 0.25) is 5.91 Å². The maximum Gasteiger partial charge on any atom is 0.341 e. The number of nitrogens with one attached hydrogen (secondary N) is 2. The van der Waals surface area contributed by atoms with E-state index >= 15 is 0 Å². The Morgan fingerprint density at radius 1 is 1.52 bits per heavy atom. The molecule has 7 heteroatoms. The molecule has 2 rings (SSSR count). The predicted molar refractivity (Wildman–Crippen MR) is 79.5 cm³/mol. The Bertz CT molecular complexity index is 495. The Balaban J connectivity index is 0.00000220. The van der Waals surface area contributed by atoms with E-state index in [0.717, 1.165) is 19.4 Å². The number of esters is 1. The SMILES string of the molecule is COC(=O)c1cc(CNC(=O)CC2CCCN2)oc1C.Cl. The maximum atomic E-state index is 11.8. The Morgan fingerprint density at radius 2 is 2.29 bits per heavy atom. The number of aryl methyl sites for hydroxylation is 1. The van der Waals surface area contributed by atoms with Gasteiger partial charge in [-0.25, -0.2) is 4.79 Å². The molecule has 1 atom stereocenters. The van der Waals surface area contributed by atoms with Crippen molar-refractivity contribution in [2.45, 2.75) is 38.8 Å². The number of furan rings is 1. The molecule has 21 heavy (non-hydrogen) atoms. The average Bonchev–Trinajstić information content (AvgIpc) is 3.05. The van der Waals surface area contributed by atoms with Gasteiger partial charge in [-0.05, 0) is 32.4 Å². The number of methoxy groups -OCH3 is 1. The molecule has 0 spiro atoms. The van der Waals surface area contributed by atoms with Crippen LogP contribution in [0.1, 0.15) is 41.1 Å². The first-order valence-corrected chi connectivity index (χ1v) is 6.78. The summed E-state index contributed by atoms with van der Waals surface area (Å²) in [6.07, 6.45) is 2.64. The van der Waals surface area contributed by atoms with Gasteiger partial charge in [-0.3, -0.25) is 4.79 Å². The fraction of sp³-hybridized carbons (Fsp3) is 0.571. The molecule has 6 nitrogen and oxygen atoms in total. The van der Waals surface area contributed by atoms with Crippen molar-refractivity contribution in [2.75, 3.05) is 13.7 Å². The first kappa shape index (κ1) is 17.5. The Hall–Kier alpha value is -1.53. The minimum absolute atomic E-state index is 0. The van der Waals surface area contributed by atoms with Gasteiger partial charge < -0.3 is 19.8 Å². The standard InChI is InChI=1S/C14H20N2O4.ClH/c1-9-12(14(18)19-2)7-11(20-9)8-16-13(17)6-10-4-3-5-15-10;/h7,10,15H,3-6,8H2,1-2H3,(H,16,17);1H. The number of rotatable bonds is 5. The molecular weight excluding hydrogens is 296 g/mol. The van der Waals surface area contributed by atoms with Crippen LogP contribution in [0.3, 0.4) is 0 Å². The van der Waals surface area contributed by atoms with Gasteiger partial charge in [0.1, 0.15) is 17.1 Å². The van der Waals surface area contributed by atoms with Gasteiger partial charge in [-0.2, -0.15) is 0 Å². The highest BCUT2D eigenvalue weighted by Gasteiger charge is 2.19. The Kier molecular flexibility index (Phi) is 6.71. The molecule has 1 amide bonds. The molecule has 2 N–H and O–H groups in total. The predicted octanol–water partition coefficient (Wildman–Crippen LogP) is 1.55. The van der Waals surface area contributed by atoms with E-state index in [2.05, 4.69) is 15.4 Å². The number of amides is 1. The number of carbonyl (C=O) groups excluding carboxylic acids is 2. The Morgan fingerprint density at radius 3 is 2.90 bits per heavy atom. The monoisotopic (exact) mass is 316 g/mol. The zero-order valence-corrected chi connectivity index (χ0v) is 13.0. The van der Waals surface area contributed by atoms with E-state index in [4.69, 9.17) is 4.42 Å². The molecule has 1 saturated heterocycles. The molecule has 0 saturated carbocycles. The van der Waals surface area contributed by atoms with E-state index in [1.54, 1.807) is 13.0 Å². The van der Waals surface area contributed by atoms with Crippen LogP contribution in [0.2, 0.25) is 0 Å². The maximum absolute atomic E-state index is 11.8. The van der Waals surface area contributed by atoms with Gasteiger partial charge in [-0.1, -0.05) is 0 Å². The third-order valence-corrected chi connectivity index (χ3v) is 3.43. The largest absolute Gasteiger partial charge is 0.465 e. The summed E-state index contributed by atoms with van der Waals surface area (Å²) in [6.45, 7) is 2.96. The van der Waals surface area contributed by atoms with Gasteiger partial charge in [0, 0.05) is 12.5 Å². The molecule has 118 valence electrons. The van der Waals surface area contributed by atoms with Crippen LogP contribution in [-0.4, -0.2) is 31.6 Å². The third-order valence-electron chi connectivity index (χ3n) is 3.43. The minimum Gasteiger partial charge on any atom is -0.465 e. The van der Waals surface area contributed by atoms with Crippen LogP contribution in [0.5, 0.6) is 0 Å². The first-order chi connectivity index (χ1) is 9.60. The topological polar surface area (TPSA) is 80.6 Å². The number of hydrogen-bond donors (Lipinski definition) is 2. The van der Waals surface area contributed by atoms with E-state index in [1.807, 2.05) is 0 Å². The van der Waals surface area contributed by atoms with Crippen LogP contribution in [0, 0.1) is 6.92 Å². The highest BCUT2D eigenvalue weighted by molar-refractivity contribution is 5.90. The fourth-order valence-corrected chi connectivity index (χ4v) is 2.36. The second-order valence-corrected chi connectivity index (χ2v) is 4.95. The summed E-state index contributed by atoms with van der Waals surface area (Å²) in [5, 5.41) is 6.07. The second kappa shape index (κ2) is 8.05. The van der Waals surface area contributed by atoms with Crippen LogP contribution in [-0.2, 0) is 16.1 Å². The quantitative estimate of drug-likeness (QED) is 0.806. The van der Waals surface area contributed by atoms with Gasteiger partial charge in [0.15, 0.2) is 0 Å². The van der Waals surface area contributed by atoms with Crippen LogP contribution in [0.15, 0.2) is 10.5 Å². The van der Waals surface area contributed by atoms with Crippen molar-refractivity contribution in [3.05, 3.63) is 23.2 Å². The van der Waals surface area contributed by atoms with Crippen molar-refractivity contribution in [1.82, 2.24) is 10.6 Å². The average molecular weight is 317 g/mol. The van der Waals surface area contributed by atoms with Crippen LogP contribution < -0.4 is 10.6 Å². The fourth-order valence-electron chi connectivity index (χ4n) is 2.36. The van der Waals surface area contributed by atoms with E-state index in [1.165, 1.54) is 7.11 Å². The van der Waals surface area contributed by atoms with Crippen LogP contribution in [0.4, 0.5) is 0 Å². The zero-order valence-electron chi connectivity index (χ0n) is 12.2. The highest BCUT2D eigenvalue weighted by atomic mass is 35.5. The smallest absolute Gasteiger partial charge is 0.341 e. The van der Waals surface area contributed by atoms with Crippen LogP contribution in [0.25, 0.3) is 0 Å². The third kappa shape index (κ3) is 4.75. The second-order valence-electron chi connectivity index (χ2n) is 4.95. The number of ether oxygens (including phenoxy) is 1. The molecule has 0 radical (unpaired) electrons. The van der Waals surface area contributed by atoms with Gasteiger partial charge in [-0.15, -0.1) is 12.4 Å². The van der Waals surface area contributed by atoms with E-state index in [0.29, 0.717) is 23.5 Å². The van der Waals surface area contributed by atoms with Gasteiger partial charge >= 0.3 is 5.97 Å².